The molecule has 0 saturated heterocycles. The average molecular weight is 660 g/mol. The third kappa shape index (κ3) is 12.9. The minimum Gasteiger partial charge on any atom is -0.445 e. The first-order chi connectivity index (χ1) is 22.0. The molecule has 0 bridgehead atoms. The van der Waals surface area contributed by atoms with Crippen LogP contribution >= 0.6 is 0 Å². The molecule has 0 aliphatic rings. The van der Waals surface area contributed by atoms with Crippen LogP contribution in [0.2, 0.25) is 0 Å². The number of ether oxygens (including phenoxy) is 1. The Morgan fingerprint density at radius 2 is 1.54 bits per heavy atom. The van der Waals surface area contributed by atoms with Gasteiger partial charge in [0.2, 0.25) is 5.91 Å². The minimum absolute atomic E-state index is 0.00882. The average Bonchev–Trinajstić information content (AvgIpc) is 3.02. The summed E-state index contributed by atoms with van der Waals surface area (Å²) in [7, 11) is -3.78. The van der Waals surface area contributed by atoms with Crippen LogP contribution in [0.3, 0.4) is 0 Å². The Morgan fingerprint density at radius 1 is 0.870 bits per heavy atom. The number of carbonyl (C=O) groups is 2. The van der Waals surface area contributed by atoms with Crippen molar-refractivity contribution < 1.29 is 36.6 Å². The molecule has 2 amide bonds. The van der Waals surface area contributed by atoms with E-state index < -0.39 is 57.4 Å². The molecule has 3 aromatic rings. The van der Waals surface area contributed by atoms with Crippen LogP contribution in [-0.2, 0) is 45.4 Å². The quantitative estimate of drug-likeness (QED) is 0.161. The van der Waals surface area contributed by atoms with E-state index in [0.29, 0.717) is 31.0 Å². The number of benzene rings is 3. The fraction of sp³-hybridized carbons (Fsp3) is 0.412. The highest BCUT2D eigenvalue weighted by molar-refractivity contribution is 7.91. The lowest BCUT2D eigenvalue weighted by atomic mass is 10.00. The molecule has 250 valence electrons. The van der Waals surface area contributed by atoms with Gasteiger partial charge in [-0.2, -0.15) is 0 Å². The number of halogens is 2. The van der Waals surface area contributed by atoms with E-state index in [2.05, 4.69) is 16.0 Å². The van der Waals surface area contributed by atoms with Crippen molar-refractivity contribution in [3.8, 4) is 0 Å². The number of rotatable bonds is 18. The summed E-state index contributed by atoms with van der Waals surface area (Å²) in [5, 5.41) is 19.3. The maximum atomic E-state index is 14.0. The zero-order valence-electron chi connectivity index (χ0n) is 26.2. The molecular weight excluding hydrogens is 616 g/mol. The molecule has 3 aromatic carbocycles. The van der Waals surface area contributed by atoms with Crippen molar-refractivity contribution in [2.75, 3.05) is 18.1 Å². The van der Waals surface area contributed by atoms with Crippen molar-refractivity contribution in [1.29, 1.82) is 0 Å². The zero-order chi connectivity index (χ0) is 33.5. The van der Waals surface area contributed by atoms with Gasteiger partial charge in [-0.3, -0.25) is 4.79 Å². The number of aryl methyl sites for hydroxylation is 1. The second kappa shape index (κ2) is 18.3. The first-order valence-corrected chi connectivity index (χ1v) is 17.2. The van der Waals surface area contributed by atoms with Crippen LogP contribution in [0.4, 0.5) is 13.6 Å². The first-order valence-electron chi connectivity index (χ1n) is 15.4. The number of hydrogen-bond donors (Lipinski definition) is 4. The molecule has 9 nitrogen and oxygen atoms in total. The van der Waals surface area contributed by atoms with E-state index in [-0.39, 0.29) is 30.9 Å². The number of nitrogens with one attached hydrogen (secondary N) is 3. The van der Waals surface area contributed by atoms with Crippen LogP contribution in [0.25, 0.3) is 0 Å². The van der Waals surface area contributed by atoms with Gasteiger partial charge in [0.05, 0.1) is 23.7 Å². The van der Waals surface area contributed by atoms with Gasteiger partial charge in [0.15, 0.2) is 9.84 Å². The summed E-state index contributed by atoms with van der Waals surface area (Å²) in [5.74, 6) is -3.44. The SMILES string of the molecule is CCCCS(=O)(=O)C[C@H](NC(=O)OCc1ccccc1)C(=O)N[C@@H](Cc1cc(F)cc(F)c1)[C@H](O)CNCc1cccc(CC)c1. The topological polar surface area (TPSA) is 134 Å². The van der Waals surface area contributed by atoms with Crippen LogP contribution in [0.1, 0.15) is 48.9 Å². The number of alkyl carbamates (subject to hydrolysis) is 1. The van der Waals surface area contributed by atoms with Gasteiger partial charge in [-0.25, -0.2) is 22.0 Å². The number of hydrogen-bond acceptors (Lipinski definition) is 7. The molecule has 46 heavy (non-hydrogen) atoms. The van der Waals surface area contributed by atoms with Gasteiger partial charge >= 0.3 is 6.09 Å². The molecule has 0 saturated carbocycles. The summed E-state index contributed by atoms with van der Waals surface area (Å²) >= 11 is 0. The van der Waals surface area contributed by atoms with Crippen LogP contribution in [0.5, 0.6) is 0 Å². The number of sulfone groups is 1. The van der Waals surface area contributed by atoms with E-state index in [4.69, 9.17) is 4.74 Å². The Hall–Kier alpha value is -3.87. The predicted octanol–water partition coefficient (Wildman–Crippen LogP) is 4.22. The van der Waals surface area contributed by atoms with Crippen molar-refractivity contribution in [2.45, 2.75) is 70.9 Å². The lowest BCUT2D eigenvalue weighted by Gasteiger charge is -2.27. The fourth-order valence-corrected chi connectivity index (χ4v) is 6.44. The predicted molar refractivity (Wildman–Crippen MR) is 173 cm³/mol. The number of aliphatic hydroxyl groups is 1. The van der Waals surface area contributed by atoms with E-state index in [1.165, 1.54) is 0 Å². The molecule has 0 radical (unpaired) electrons. The summed E-state index contributed by atoms with van der Waals surface area (Å²) in [6.45, 7) is 4.16. The highest BCUT2D eigenvalue weighted by atomic mass is 32.2. The summed E-state index contributed by atoms with van der Waals surface area (Å²) in [6, 6.07) is 16.9. The molecule has 4 N–H and O–H groups in total. The van der Waals surface area contributed by atoms with E-state index in [0.717, 1.165) is 29.7 Å². The number of aliphatic hydroxyl groups excluding tert-OH is 1. The maximum absolute atomic E-state index is 14.0. The van der Waals surface area contributed by atoms with Gasteiger partial charge in [-0.05, 0) is 53.6 Å². The number of carbonyl (C=O) groups excluding carboxylic acids is 2. The molecule has 0 aromatic heterocycles. The molecule has 0 unspecified atom stereocenters. The summed E-state index contributed by atoms with van der Waals surface area (Å²) in [6.07, 6.45) is -0.604. The van der Waals surface area contributed by atoms with Gasteiger partial charge in [-0.1, -0.05) is 74.9 Å². The van der Waals surface area contributed by atoms with Crippen molar-refractivity contribution in [3.63, 3.8) is 0 Å². The maximum Gasteiger partial charge on any atom is 0.408 e. The monoisotopic (exact) mass is 659 g/mol. The molecule has 12 heteroatoms. The molecule has 3 rings (SSSR count). The number of unbranched alkanes of at least 4 members (excludes halogenated alkanes) is 1. The standard InChI is InChI=1S/C34H43F2N3O6S/c1-3-5-14-46(43,44)23-31(39-34(42)45-22-25-10-7-6-8-11-25)33(41)38-30(18-27-16-28(35)19-29(36)17-27)32(40)21-37-20-26-13-9-12-24(4-2)15-26/h6-13,15-17,19,30-32,37,40H,3-5,14,18,20-23H2,1-2H3,(H,38,41)(H,39,42)/t30-,31-,32+/m0/s1. The Labute approximate surface area is 269 Å². The smallest absolute Gasteiger partial charge is 0.408 e. The zero-order valence-corrected chi connectivity index (χ0v) is 27.0. The fourth-order valence-electron chi connectivity index (χ4n) is 4.81. The van der Waals surface area contributed by atoms with Gasteiger partial charge in [-0.15, -0.1) is 0 Å². The van der Waals surface area contributed by atoms with E-state index in [9.17, 15) is 31.9 Å². The lowest BCUT2D eigenvalue weighted by Crippen LogP contribution is -2.56. The lowest BCUT2D eigenvalue weighted by molar-refractivity contribution is -0.124. The van der Waals surface area contributed by atoms with Gasteiger partial charge in [0.1, 0.15) is 24.3 Å². The second-order valence-electron chi connectivity index (χ2n) is 11.2. The highest BCUT2D eigenvalue weighted by Crippen LogP contribution is 2.13. The molecule has 0 spiro atoms. The van der Waals surface area contributed by atoms with E-state index in [1.54, 1.807) is 30.3 Å². The van der Waals surface area contributed by atoms with Crippen molar-refractivity contribution >= 4 is 21.8 Å². The third-order valence-corrected chi connectivity index (χ3v) is 9.06. The largest absolute Gasteiger partial charge is 0.445 e. The van der Waals surface area contributed by atoms with Gasteiger partial charge in [0.25, 0.3) is 0 Å². The Balaban J connectivity index is 1.78. The van der Waals surface area contributed by atoms with Crippen LogP contribution in [0.15, 0.2) is 72.8 Å². The Kier molecular flexibility index (Phi) is 14.6. The summed E-state index contributed by atoms with van der Waals surface area (Å²) in [4.78, 5) is 26.3. The third-order valence-electron chi connectivity index (χ3n) is 7.30. The first kappa shape index (κ1) is 36.6. The molecule has 0 aliphatic carbocycles. The van der Waals surface area contributed by atoms with Gasteiger partial charge < -0.3 is 25.8 Å². The van der Waals surface area contributed by atoms with Crippen LogP contribution in [-0.4, -0.2) is 61.8 Å². The molecule has 0 aliphatic heterocycles. The second-order valence-corrected chi connectivity index (χ2v) is 13.4. The van der Waals surface area contributed by atoms with Crippen molar-refractivity contribution in [2.24, 2.45) is 0 Å². The van der Waals surface area contributed by atoms with Crippen molar-refractivity contribution in [3.05, 3.63) is 107 Å². The Morgan fingerprint density at radius 3 is 2.22 bits per heavy atom. The van der Waals surface area contributed by atoms with E-state index in [1.807, 2.05) is 38.1 Å². The normalized spacial score (nSPS) is 13.4. The minimum atomic E-state index is -3.78. The van der Waals surface area contributed by atoms with E-state index >= 15 is 0 Å². The number of amides is 2. The van der Waals surface area contributed by atoms with Gasteiger partial charge in [0, 0.05) is 19.2 Å². The van der Waals surface area contributed by atoms with Crippen molar-refractivity contribution in [1.82, 2.24) is 16.0 Å². The molecule has 0 fully saturated rings. The summed E-state index contributed by atoms with van der Waals surface area (Å²) in [5.41, 5.74) is 2.98. The molecule has 3 atom stereocenters. The highest BCUT2D eigenvalue weighted by Gasteiger charge is 2.31. The Bertz CT molecular complexity index is 1500. The summed E-state index contributed by atoms with van der Waals surface area (Å²) < 4.78 is 59.0. The van der Waals surface area contributed by atoms with Crippen LogP contribution < -0.4 is 16.0 Å². The molecule has 0 heterocycles. The molecular formula is C34H43F2N3O6S. The van der Waals surface area contributed by atoms with Crippen LogP contribution in [0, 0.1) is 11.6 Å².